The Balaban J connectivity index is 1.19. The fourth-order valence-corrected chi connectivity index (χ4v) is 3.29. The highest BCUT2D eigenvalue weighted by Gasteiger charge is 2.33. The van der Waals surface area contributed by atoms with Gasteiger partial charge in [0.2, 0.25) is 11.9 Å². The molecule has 1 aromatic heterocycles. The van der Waals surface area contributed by atoms with Gasteiger partial charge in [-0.1, -0.05) is 12.1 Å². The number of amides is 1. The van der Waals surface area contributed by atoms with Crippen LogP contribution in [0, 0.1) is 5.82 Å². The standard InChI is InChI=1S/C19H22FN5O2/c20-16-4-1-2-5-17(16)27-15-12-25(13-15)18(26)14-23-8-10-24(11-9-23)19-21-6-3-7-22-19/h1-7,15H,8-14H2. The summed E-state index contributed by atoms with van der Waals surface area (Å²) in [4.78, 5) is 27.0. The van der Waals surface area contributed by atoms with Gasteiger partial charge < -0.3 is 14.5 Å². The first-order valence-corrected chi connectivity index (χ1v) is 9.12. The number of carbonyl (C=O) groups excluding carboxylic acids is 1. The highest BCUT2D eigenvalue weighted by molar-refractivity contribution is 5.79. The van der Waals surface area contributed by atoms with E-state index in [2.05, 4.69) is 19.8 Å². The molecule has 27 heavy (non-hydrogen) atoms. The maximum absolute atomic E-state index is 13.6. The molecule has 2 saturated heterocycles. The van der Waals surface area contributed by atoms with Crippen molar-refractivity contribution in [3.63, 3.8) is 0 Å². The van der Waals surface area contributed by atoms with Crippen LogP contribution in [-0.4, -0.2) is 77.6 Å². The lowest BCUT2D eigenvalue weighted by Crippen LogP contribution is -2.59. The van der Waals surface area contributed by atoms with Crippen molar-refractivity contribution in [2.45, 2.75) is 6.10 Å². The Morgan fingerprint density at radius 1 is 1.07 bits per heavy atom. The molecule has 0 atom stereocenters. The molecular weight excluding hydrogens is 349 g/mol. The molecule has 2 aliphatic heterocycles. The molecule has 0 spiro atoms. The summed E-state index contributed by atoms with van der Waals surface area (Å²) in [6.07, 6.45) is 3.34. The summed E-state index contributed by atoms with van der Waals surface area (Å²) in [7, 11) is 0. The molecule has 0 unspecified atom stereocenters. The third-order valence-electron chi connectivity index (χ3n) is 4.90. The number of piperazine rings is 1. The predicted molar refractivity (Wildman–Crippen MR) is 98.1 cm³/mol. The van der Waals surface area contributed by atoms with Gasteiger partial charge in [0, 0.05) is 38.6 Å². The smallest absolute Gasteiger partial charge is 0.237 e. The number of halogens is 1. The number of nitrogens with zero attached hydrogens (tertiary/aromatic N) is 5. The van der Waals surface area contributed by atoms with Crippen molar-refractivity contribution < 1.29 is 13.9 Å². The molecule has 0 saturated carbocycles. The molecule has 0 aliphatic carbocycles. The zero-order chi connectivity index (χ0) is 18.6. The summed E-state index contributed by atoms with van der Waals surface area (Å²) in [5.41, 5.74) is 0. The average molecular weight is 371 g/mol. The van der Waals surface area contributed by atoms with E-state index < -0.39 is 0 Å². The van der Waals surface area contributed by atoms with Gasteiger partial charge >= 0.3 is 0 Å². The molecule has 0 N–H and O–H groups in total. The van der Waals surface area contributed by atoms with Gasteiger partial charge in [0.25, 0.3) is 0 Å². The Morgan fingerprint density at radius 3 is 2.48 bits per heavy atom. The Morgan fingerprint density at radius 2 is 1.78 bits per heavy atom. The fraction of sp³-hybridized carbons (Fsp3) is 0.421. The highest BCUT2D eigenvalue weighted by atomic mass is 19.1. The first kappa shape index (κ1) is 17.7. The number of benzene rings is 1. The van der Waals surface area contributed by atoms with E-state index in [1.54, 1.807) is 41.6 Å². The molecule has 0 bridgehead atoms. The van der Waals surface area contributed by atoms with Crippen LogP contribution in [0.15, 0.2) is 42.7 Å². The first-order valence-electron chi connectivity index (χ1n) is 9.12. The van der Waals surface area contributed by atoms with Gasteiger partial charge in [-0.05, 0) is 18.2 Å². The third kappa shape index (κ3) is 4.16. The number of ether oxygens (including phenoxy) is 1. The van der Waals surface area contributed by atoms with Gasteiger partial charge in [0.15, 0.2) is 11.6 Å². The van der Waals surface area contributed by atoms with Crippen LogP contribution in [0.5, 0.6) is 5.75 Å². The summed E-state index contributed by atoms with van der Waals surface area (Å²) in [6, 6.07) is 8.14. The van der Waals surface area contributed by atoms with Gasteiger partial charge in [0.05, 0.1) is 19.6 Å². The van der Waals surface area contributed by atoms with Crippen LogP contribution in [0.25, 0.3) is 0 Å². The van der Waals surface area contributed by atoms with Crippen molar-refractivity contribution >= 4 is 11.9 Å². The highest BCUT2D eigenvalue weighted by Crippen LogP contribution is 2.21. The Labute approximate surface area is 157 Å². The SMILES string of the molecule is O=C(CN1CCN(c2ncccn2)CC1)N1CC(Oc2ccccc2F)C1. The first-order chi connectivity index (χ1) is 13.2. The number of anilines is 1. The van der Waals surface area contributed by atoms with Gasteiger partial charge in [-0.3, -0.25) is 9.69 Å². The summed E-state index contributed by atoms with van der Waals surface area (Å²) in [6.45, 7) is 4.61. The molecule has 7 nitrogen and oxygen atoms in total. The molecule has 142 valence electrons. The predicted octanol–water partition coefficient (Wildman–Crippen LogP) is 1.03. The Kier molecular flexibility index (Phi) is 5.15. The normalized spacial score (nSPS) is 18.3. The number of rotatable bonds is 5. The number of para-hydroxylation sites is 1. The molecule has 1 amide bonds. The summed E-state index contributed by atoms with van der Waals surface area (Å²) in [5.74, 6) is 0.698. The Bertz CT molecular complexity index is 777. The van der Waals surface area contributed by atoms with Crippen molar-refractivity contribution in [3.05, 3.63) is 48.5 Å². The second-order valence-electron chi connectivity index (χ2n) is 6.78. The molecule has 2 fully saturated rings. The molecular formula is C19H22FN5O2. The molecule has 0 radical (unpaired) electrons. The maximum atomic E-state index is 13.6. The molecule has 2 aromatic rings. The van der Waals surface area contributed by atoms with E-state index in [9.17, 15) is 9.18 Å². The van der Waals surface area contributed by atoms with E-state index in [0.29, 0.717) is 19.6 Å². The molecule has 3 heterocycles. The Hall–Kier alpha value is -2.74. The summed E-state index contributed by atoms with van der Waals surface area (Å²) < 4.78 is 19.2. The van der Waals surface area contributed by atoms with Gasteiger partial charge in [0.1, 0.15) is 6.10 Å². The van der Waals surface area contributed by atoms with E-state index in [0.717, 1.165) is 32.1 Å². The number of likely N-dealkylation sites (tertiary alicyclic amines) is 1. The number of aromatic nitrogens is 2. The lowest BCUT2D eigenvalue weighted by Gasteiger charge is -2.41. The van der Waals surface area contributed by atoms with Crippen LogP contribution in [0.4, 0.5) is 10.3 Å². The van der Waals surface area contributed by atoms with Crippen molar-refractivity contribution in [1.29, 1.82) is 0 Å². The number of hydrogen-bond donors (Lipinski definition) is 0. The molecule has 4 rings (SSSR count). The summed E-state index contributed by atoms with van der Waals surface area (Å²) in [5, 5.41) is 0. The fourth-order valence-electron chi connectivity index (χ4n) is 3.29. The van der Waals surface area contributed by atoms with Gasteiger partial charge in [-0.15, -0.1) is 0 Å². The summed E-state index contributed by atoms with van der Waals surface area (Å²) >= 11 is 0. The van der Waals surface area contributed by atoms with E-state index >= 15 is 0 Å². The van der Waals surface area contributed by atoms with Crippen LogP contribution >= 0.6 is 0 Å². The van der Waals surface area contributed by atoms with E-state index in [-0.39, 0.29) is 23.6 Å². The van der Waals surface area contributed by atoms with E-state index in [1.807, 2.05) is 0 Å². The van der Waals surface area contributed by atoms with Crippen molar-refractivity contribution in [2.24, 2.45) is 0 Å². The van der Waals surface area contributed by atoms with Crippen LogP contribution in [-0.2, 0) is 4.79 Å². The lowest BCUT2D eigenvalue weighted by atomic mass is 10.1. The zero-order valence-corrected chi connectivity index (χ0v) is 15.0. The van der Waals surface area contributed by atoms with Gasteiger partial charge in [-0.25, -0.2) is 14.4 Å². The lowest BCUT2D eigenvalue weighted by molar-refractivity contribution is -0.141. The van der Waals surface area contributed by atoms with Gasteiger partial charge in [-0.2, -0.15) is 0 Å². The van der Waals surface area contributed by atoms with Crippen LogP contribution in [0.3, 0.4) is 0 Å². The number of hydrogen-bond acceptors (Lipinski definition) is 6. The quantitative estimate of drug-likeness (QED) is 0.782. The van der Waals surface area contributed by atoms with Crippen LogP contribution in [0.2, 0.25) is 0 Å². The van der Waals surface area contributed by atoms with Crippen LogP contribution < -0.4 is 9.64 Å². The third-order valence-corrected chi connectivity index (χ3v) is 4.90. The molecule has 1 aromatic carbocycles. The average Bonchev–Trinajstić information content (AvgIpc) is 2.67. The second kappa shape index (κ2) is 7.87. The number of carbonyl (C=O) groups is 1. The largest absolute Gasteiger partial charge is 0.484 e. The van der Waals surface area contributed by atoms with Crippen LogP contribution in [0.1, 0.15) is 0 Å². The van der Waals surface area contributed by atoms with Crippen molar-refractivity contribution in [1.82, 2.24) is 19.8 Å². The van der Waals surface area contributed by atoms with E-state index in [4.69, 9.17) is 4.74 Å². The minimum atomic E-state index is -0.373. The molecule has 2 aliphatic rings. The van der Waals surface area contributed by atoms with E-state index in [1.165, 1.54) is 6.07 Å². The molecule has 8 heteroatoms. The van der Waals surface area contributed by atoms with Crippen molar-refractivity contribution in [2.75, 3.05) is 50.7 Å². The minimum absolute atomic E-state index is 0.0906. The minimum Gasteiger partial charge on any atom is -0.484 e. The second-order valence-corrected chi connectivity index (χ2v) is 6.78. The maximum Gasteiger partial charge on any atom is 0.237 e. The van der Waals surface area contributed by atoms with Crippen molar-refractivity contribution in [3.8, 4) is 5.75 Å². The topological polar surface area (TPSA) is 61.8 Å². The zero-order valence-electron chi connectivity index (χ0n) is 15.0. The monoisotopic (exact) mass is 371 g/mol.